The third-order valence-electron chi connectivity index (χ3n) is 3.36. The van der Waals surface area contributed by atoms with Crippen molar-refractivity contribution in [1.29, 1.82) is 0 Å². The zero-order valence-electron chi connectivity index (χ0n) is 11.0. The van der Waals surface area contributed by atoms with Gasteiger partial charge in [-0.25, -0.2) is 0 Å². The topological polar surface area (TPSA) is 21.3 Å². The molecular weight excluding hydrogens is 246 g/mol. The Morgan fingerprint density at radius 1 is 1.39 bits per heavy atom. The van der Waals surface area contributed by atoms with E-state index in [1.807, 2.05) is 18.2 Å². The van der Waals surface area contributed by atoms with Crippen LogP contribution in [-0.4, -0.2) is 26.3 Å². The molecule has 0 spiro atoms. The first-order valence-corrected chi connectivity index (χ1v) is 7.22. The lowest BCUT2D eigenvalue weighted by atomic mass is 10.00. The summed E-state index contributed by atoms with van der Waals surface area (Å²) in [5.41, 5.74) is 1.19. The number of ether oxygens (including phenoxy) is 1. The molecule has 1 aromatic rings. The Labute approximate surface area is 115 Å². The standard InChI is InChI=1S/C15H22ClNO/c1-2-17-9-13(11-18-10-12-7-8-12)14-5-3-4-6-15(14)16/h3-6,12-13,17H,2,7-11H2,1H3. The average Bonchev–Trinajstić information content (AvgIpc) is 3.19. The van der Waals surface area contributed by atoms with E-state index in [1.54, 1.807) is 0 Å². The molecular formula is C15H22ClNO. The van der Waals surface area contributed by atoms with Gasteiger partial charge in [0, 0.05) is 24.1 Å². The summed E-state index contributed by atoms with van der Waals surface area (Å²) in [4.78, 5) is 0. The van der Waals surface area contributed by atoms with E-state index >= 15 is 0 Å². The number of likely N-dealkylation sites (N-methyl/N-ethyl adjacent to an activating group) is 1. The van der Waals surface area contributed by atoms with Crippen molar-refractivity contribution in [1.82, 2.24) is 5.32 Å². The van der Waals surface area contributed by atoms with E-state index < -0.39 is 0 Å². The molecule has 0 aromatic heterocycles. The molecule has 2 rings (SSSR count). The van der Waals surface area contributed by atoms with Crippen LogP contribution in [0.25, 0.3) is 0 Å². The van der Waals surface area contributed by atoms with Crippen LogP contribution in [0.1, 0.15) is 31.2 Å². The number of rotatable bonds is 8. The Bertz CT molecular complexity index is 365. The van der Waals surface area contributed by atoms with E-state index in [-0.39, 0.29) is 0 Å². The second-order valence-corrected chi connectivity index (χ2v) is 5.41. The molecule has 1 fully saturated rings. The molecule has 1 aliphatic rings. The second kappa shape index (κ2) is 7.13. The average molecular weight is 268 g/mol. The highest BCUT2D eigenvalue weighted by Gasteiger charge is 2.22. The molecule has 1 unspecified atom stereocenters. The molecule has 2 nitrogen and oxygen atoms in total. The highest BCUT2D eigenvalue weighted by molar-refractivity contribution is 6.31. The maximum absolute atomic E-state index is 6.27. The van der Waals surface area contributed by atoms with Gasteiger partial charge in [0.05, 0.1) is 6.61 Å². The van der Waals surface area contributed by atoms with Gasteiger partial charge in [-0.2, -0.15) is 0 Å². The number of halogens is 1. The van der Waals surface area contributed by atoms with Crippen LogP contribution in [-0.2, 0) is 4.74 Å². The molecule has 1 aliphatic carbocycles. The molecule has 1 atom stereocenters. The minimum Gasteiger partial charge on any atom is -0.380 e. The first-order chi connectivity index (χ1) is 8.81. The van der Waals surface area contributed by atoms with Gasteiger partial charge >= 0.3 is 0 Å². The quantitative estimate of drug-likeness (QED) is 0.779. The normalized spacial score (nSPS) is 16.8. The first-order valence-electron chi connectivity index (χ1n) is 6.84. The van der Waals surface area contributed by atoms with Crippen molar-refractivity contribution in [2.24, 2.45) is 5.92 Å². The van der Waals surface area contributed by atoms with Crippen LogP contribution in [0.4, 0.5) is 0 Å². The predicted octanol–water partition coefficient (Wildman–Crippen LogP) is 3.46. The maximum atomic E-state index is 6.27. The van der Waals surface area contributed by atoms with Crippen molar-refractivity contribution in [3.05, 3.63) is 34.9 Å². The fourth-order valence-electron chi connectivity index (χ4n) is 2.04. The molecule has 1 N–H and O–H groups in total. The molecule has 0 aliphatic heterocycles. The fourth-order valence-corrected chi connectivity index (χ4v) is 2.33. The van der Waals surface area contributed by atoms with Gasteiger partial charge in [0.1, 0.15) is 0 Å². The van der Waals surface area contributed by atoms with Gasteiger partial charge in [-0.3, -0.25) is 0 Å². The van der Waals surface area contributed by atoms with Gasteiger partial charge in [-0.1, -0.05) is 36.7 Å². The van der Waals surface area contributed by atoms with Gasteiger partial charge in [-0.05, 0) is 36.9 Å². The largest absolute Gasteiger partial charge is 0.380 e. The molecule has 3 heteroatoms. The summed E-state index contributed by atoms with van der Waals surface area (Å²) < 4.78 is 5.83. The number of benzene rings is 1. The van der Waals surface area contributed by atoms with Crippen LogP contribution in [0, 0.1) is 5.92 Å². The van der Waals surface area contributed by atoms with Crippen LogP contribution >= 0.6 is 11.6 Å². The second-order valence-electron chi connectivity index (χ2n) is 5.01. The number of hydrogen-bond donors (Lipinski definition) is 1. The molecule has 0 heterocycles. The van der Waals surface area contributed by atoms with E-state index in [4.69, 9.17) is 16.3 Å². The molecule has 0 radical (unpaired) electrons. The summed E-state index contributed by atoms with van der Waals surface area (Å²) in [6.07, 6.45) is 2.67. The Balaban J connectivity index is 1.91. The van der Waals surface area contributed by atoms with Gasteiger partial charge < -0.3 is 10.1 Å². The van der Waals surface area contributed by atoms with Gasteiger partial charge in [-0.15, -0.1) is 0 Å². The third-order valence-corrected chi connectivity index (χ3v) is 3.70. The van der Waals surface area contributed by atoms with E-state index in [9.17, 15) is 0 Å². The van der Waals surface area contributed by atoms with E-state index in [2.05, 4.69) is 18.3 Å². The molecule has 0 amide bonds. The summed E-state index contributed by atoms with van der Waals surface area (Å²) in [7, 11) is 0. The maximum Gasteiger partial charge on any atom is 0.0547 e. The smallest absolute Gasteiger partial charge is 0.0547 e. The summed E-state index contributed by atoms with van der Waals surface area (Å²) in [5.74, 6) is 1.16. The lowest BCUT2D eigenvalue weighted by Gasteiger charge is -2.19. The highest BCUT2D eigenvalue weighted by atomic mass is 35.5. The zero-order valence-corrected chi connectivity index (χ0v) is 11.7. The minimum atomic E-state index is 0.345. The lowest BCUT2D eigenvalue weighted by molar-refractivity contribution is 0.110. The Kier molecular flexibility index (Phi) is 5.48. The molecule has 18 heavy (non-hydrogen) atoms. The molecule has 1 aromatic carbocycles. The van der Waals surface area contributed by atoms with Crippen molar-refractivity contribution < 1.29 is 4.74 Å². The van der Waals surface area contributed by atoms with Crippen LogP contribution in [0.2, 0.25) is 5.02 Å². The van der Waals surface area contributed by atoms with Crippen LogP contribution < -0.4 is 5.32 Å². The molecule has 0 bridgehead atoms. The number of nitrogens with one attached hydrogen (secondary N) is 1. The molecule has 1 saturated carbocycles. The monoisotopic (exact) mass is 267 g/mol. The summed E-state index contributed by atoms with van der Waals surface area (Å²) in [5, 5.41) is 4.23. The lowest BCUT2D eigenvalue weighted by Crippen LogP contribution is -2.25. The third kappa shape index (κ3) is 4.27. The van der Waals surface area contributed by atoms with E-state index in [1.165, 1.54) is 18.4 Å². The minimum absolute atomic E-state index is 0.345. The van der Waals surface area contributed by atoms with Gasteiger partial charge in [0.15, 0.2) is 0 Å². The Morgan fingerprint density at radius 3 is 2.83 bits per heavy atom. The van der Waals surface area contributed by atoms with Crippen LogP contribution in [0.15, 0.2) is 24.3 Å². The summed E-state index contributed by atoms with van der Waals surface area (Å²) >= 11 is 6.27. The Hall–Kier alpha value is -0.570. The van der Waals surface area contributed by atoms with Crippen molar-refractivity contribution in [2.45, 2.75) is 25.7 Å². The summed E-state index contributed by atoms with van der Waals surface area (Å²) in [6.45, 7) is 5.68. The van der Waals surface area contributed by atoms with Gasteiger partial charge in [0.25, 0.3) is 0 Å². The fraction of sp³-hybridized carbons (Fsp3) is 0.600. The van der Waals surface area contributed by atoms with Crippen molar-refractivity contribution >= 4 is 11.6 Å². The Morgan fingerprint density at radius 2 is 2.17 bits per heavy atom. The van der Waals surface area contributed by atoms with Crippen molar-refractivity contribution in [3.8, 4) is 0 Å². The van der Waals surface area contributed by atoms with Crippen LogP contribution in [0.3, 0.4) is 0 Å². The number of hydrogen-bond acceptors (Lipinski definition) is 2. The molecule has 100 valence electrons. The van der Waals surface area contributed by atoms with E-state index in [0.29, 0.717) is 5.92 Å². The summed E-state index contributed by atoms with van der Waals surface area (Å²) in [6, 6.07) is 8.07. The van der Waals surface area contributed by atoms with Crippen molar-refractivity contribution in [2.75, 3.05) is 26.3 Å². The highest BCUT2D eigenvalue weighted by Crippen LogP contribution is 2.30. The van der Waals surface area contributed by atoms with Crippen LogP contribution in [0.5, 0.6) is 0 Å². The van der Waals surface area contributed by atoms with Crippen molar-refractivity contribution in [3.63, 3.8) is 0 Å². The first kappa shape index (κ1) is 13.9. The van der Waals surface area contributed by atoms with Gasteiger partial charge in [0.2, 0.25) is 0 Å². The predicted molar refractivity (Wildman–Crippen MR) is 76.3 cm³/mol. The molecule has 0 saturated heterocycles. The zero-order chi connectivity index (χ0) is 12.8. The SMILES string of the molecule is CCNCC(COCC1CC1)c1ccccc1Cl. The van der Waals surface area contributed by atoms with E-state index in [0.717, 1.165) is 37.2 Å².